The highest BCUT2D eigenvalue weighted by Crippen LogP contribution is 2.36. The molecule has 1 N–H and O–H groups in total. The van der Waals surface area contributed by atoms with Gasteiger partial charge in [0.05, 0.1) is 12.7 Å². The average Bonchev–Trinajstić information content (AvgIpc) is 3.18. The first-order chi connectivity index (χ1) is 12.1. The second kappa shape index (κ2) is 6.78. The summed E-state index contributed by atoms with van der Waals surface area (Å²) >= 11 is 0. The van der Waals surface area contributed by atoms with E-state index in [0.29, 0.717) is 24.2 Å². The van der Waals surface area contributed by atoms with Crippen LogP contribution in [0.25, 0.3) is 0 Å². The van der Waals surface area contributed by atoms with Crippen LogP contribution in [0.2, 0.25) is 0 Å². The maximum atomic E-state index is 11.9. The highest BCUT2D eigenvalue weighted by molar-refractivity contribution is 5.76. The van der Waals surface area contributed by atoms with Gasteiger partial charge in [-0.25, -0.2) is 9.97 Å². The molecule has 1 saturated carbocycles. The van der Waals surface area contributed by atoms with Crippen LogP contribution in [-0.4, -0.2) is 62.3 Å². The molecule has 0 spiro atoms. The molecule has 1 amide bonds. The maximum absolute atomic E-state index is 11.9. The number of fused-ring (bicyclic) bond motifs is 1. The number of nitrogens with one attached hydrogen (secondary N) is 1. The molecule has 1 aliphatic carbocycles. The minimum absolute atomic E-state index is 0.201. The molecule has 7 heteroatoms. The number of nitrogens with zero attached hydrogens (tertiary/aromatic N) is 4. The third-order valence-electron chi connectivity index (χ3n) is 5.59. The third kappa shape index (κ3) is 3.71. The SMILES string of the molecule is CN(C)c1cc(N2C[C@H]3[C@H](CNC(=O)CC4CC4)CO[C@H]3C2)ncn1. The lowest BCUT2D eigenvalue weighted by atomic mass is 9.93. The topological polar surface area (TPSA) is 70.6 Å². The zero-order chi connectivity index (χ0) is 17.4. The Bertz CT molecular complexity index is 634. The van der Waals surface area contributed by atoms with E-state index < -0.39 is 0 Å². The van der Waals surface area contributed by atoms with Crippen molar-refractivity contribution in [2.45, 2.75) is 25.4 Å². The summed E-state index contributed by atoms with van der Waals surface area (Å²) in [6.45, 7) is 3.27. The van der Waals surface area contributed by atoms with Crippen LogP contribution in [0.4, 0.5) is 11.6 Å². The quantitative estimate of drug-likeness (QED) is 0.826. The predicted octanol–water partition coefficient (Wildman–Crippen LogP) is 0.910. The molecule has 2 saturated heterocycles. The Kier molecular flexibility index (Phi) is 4.50. The van der Waals surface area contributed by atoms with Gasteiger partial charge in [-0.2, -0.15) is 0 Å². The highest BCUT2D eigenvalue weighted by atomic mass is 16.5. The monoisotopic (exact) mass is 345 g/mol. The molecule has 0 aromatic carbocycles. The van der Waals surface area contributed by atoms with Gasteiger partial charge < -0.3 is 19.9 Å². The predicted molar refractivity (Wildman–Crippen MR) is 95.6 cm³/mol. The molecule has 25 heavy (non-hydrogen) atoms. The number of hydrogen-bond donors (Lipinski definition) is 1. The van der Waals surface area contributed by atoms with E-state index >= 15 is 0 Å². The number of amides is 1. The Morgan fingerprint density at radius 1 is 1.36 bits per heavy atom. The molecule has 0 radical (unpaired) electrons. The molecular weight excluding hydrogens is 318 g/mol. The molecule has 136 valence electrons. The maximum Gasteiger partial charge on any atom is 0.220 e. The number of hydrogen-bond acceptors (Lipinski definition) is 6. The standard InChI is InChI=1S/C18H27N5O2/c1-22(2)16-6-17(21-11-20-16)23-8-14-13(10-25-15(14)9-23)7-19-18(24)5-12-3-4-12/h6,11-15H,3-5,7-10H2,1-2H3,(H,19,24)/t13-,14+,15+/m1/s1. The minimum atomic E-state index is 0.201. The summed E-state index contributed by atoms with van der Waals surface area (Å²) in [7, 11) is 3.96. The van der Waals surface area contributed by atoms with Crippen LogP contribution in [0.15, 0.2) is 12.4 Å². The fourth-order valence-electron chi connectivity index (χ4n) is 3.85. The van der Waals surface area contributed by atoms with E-state index in [1.54, 1.807) is 6.33 Å². The van der Waals surface area contributed by atoms with Crippen molar-refractivity contribution in [3.05, 3.63) is 12.4 Å². The molecule has 0 unspecified atom stereocenters. The van der Waals surface area contributed by atoms with Crippen molar-refractivity contribution in [3.8, 4) is 0 Å². The summed E-state index contributed by atoms with van der Waals surface area (Å²) in [6, 6.07) is 2.02. The molecule has 3 fully saturated rings. The Morgan fingerprint density at radius 3 is 2.96 bits per heavy atom. The number of ether oxygens (including phenoxy) is 1. The van der Waals surface area contributed by atoms with E-state index in [2.05, 4.69) is 20.2 Å². The fourth-order valence-corrected chi connectivity index (χ4v) is 3.85. The van der Waals surface area contributed by atoms with E-state index in [-0.39, 0.29) is 12.0 Å². The van der Waals surface area contributed by atoms with E-state index in [1.165, 1.54) is 12.8 Å². The number of anilines is 2. The summed E-state index contributed by atoms with van der Waals surface area (Å²) < 4.78 is 6.00. The molecule has 3 heterocycles. The molecular formula is C18H27N5O2. The molecule has 3 atom stereocenters. The fraction of sp³-hybridized carbons (Fsp3) is 0.722. The normalized spacial score (nSPS) is 28.1. The minimum Gasteiger partial charge on any atom is -0.376 e. The zero-order valence-corrected chi connectivity index (χ0v) is 15.0. The van der Waals surface area contributed by atoms with Gasteiger partial charge in [0.15, 0.2) is 0 Å². The number of carbonyl (C=O) groups excluding carboxylic acids is 1. The van der Waals surface area contributed by atoms with E-state index in [1.807, 2.05) is 25.1 Å². The Hall–Kier alpha value is -1.89. The Morgan fingerprint density at radius 2 is 2.20 bits per heavy atom. The van der Waals surface area contributed by atoms with Gasteiger partial charge in [0.2, 0.25) is 5.91 Å². The van der Waals surface area contributed by atoms with Crippen LogP contribution in [0.1, 0.15) is 19.3 Å². The molecule has 4 rings (SSSR count). The van der Waals surface area contributed by atoms with Crippen molar-refractivity contribution in [2.75, 3.05) is 50.1 Å². The first-order valence-corrected chi connectivity index (χ1v) is 9.23. The summed E-state index contributed by atoms with van der Waals surface area (Å²) in [4.78, 5) is 24.9. The van der Waals surface area contributed by atoms with Crippen LogP contribution in [0.3, 0.4) is 0 Å². The Balaban J connectivity index is 1.34. The van der Waals surface area contributed by atoms with Gasteiger partial charge >= 0.3 is 0 Å². The van der Waals surface area contributed by atoms with Crippen molar-refractivity contribution in [1.82, 2.24) is 15.3 Å². The lowest BCUT2D eigenvalue weighted by Gasteiger charge is -2.22. The lowest BCUT2D eigenvalue weighted by molar-refractivity contribution is -0.121. The van der Waals surface area contributed by atoms with Gasteiger partial charge in [0.1, 0.15) is 18.0 Å². The van der Waals surface area contributed by atoms with Crippen LogP contribution in [0.5, 0.6) is 0 Å². The van der Waals surface area contributed by atoms with Crippen LogP contribution in [0, 0.1) is 17.8 Å². The van der Waals surface area contributed by atoms with Gasteiger partial charge in [-0.15, -0.1) is 0 Å². The largest absolute Gasteiger partial charge is 0.376 e. The van der Waals surface area contributed by atoms with Gasteiger partial charge in [-0.05, 0) is 18.8 Å². The summed E-state index contributed by atoms with van der Waals surface area (Å²) in [5.74, 6) is 3.55. The molecule has 7 nitrogen and oxygen atoms in total. The van der Waals surface area contributed by atoms with Gasteiger partial charge in [-0.3, -0.25) is 4.79 Å². The molecule has 1 aromatic heterocycles. The summed E-state index contributed by atoms with van der Waals surface area (Å²) in [6.07, 6.45) is 4.99. The van der Waals surface area contributed by atoms with E-state index in [0.717, 1.165) is 37.9 Å². The average molecular weight is 345 g/mol. The molecule has 1 aromatic rings. The zero-order valence-electron chi connectivity index (χ0n) is 15.0. The number of carbonyl (C=O) groups is 1. The van der Waals surface area contributed by atoms with Crippen LogP contribution >= 0.6 is 0 Å². The third-order valence-corrected chi connectivity index (χ3v) is 5.59. The van der Waals surface area contributed by atoms with E-state index in [4.69, 9.17) is 4.74 Å². The van der Waals surface area contributed by atoms with Crippen LogP contribution < -0.4 is 15.1 Å². The summed E-state index contributed by atoms with van der Waals surface area (Å²) in [5.41, 5.74) is 0. The second-order valence-corrected chi connectivity index (χ2v) is 7.78. The Labute approximate surface area is 148 Å². The molecule has 2 aliphatic heterocycles. The van der Waals surface area contributed by atoms with E-state index in [9.17, 15) is 4.79 Å². The van der Waals surface area contributed by atoms with Gasteiger partial charge in [0, 0.05) is 58.1 Å². The molecule has 0 bridgehead atoms. The first kappa shape index (κ1) is 16.6. The van der Waals surface area contributed by atoms with Crippen molar-refractivity contribution in [3.63, 3.8) is 0 Å². The van der Waals surface area contributed by atoms with Crippen molar-refractivity contribution in [1.29, 1.82) is 0 Å². The highest BCUT2D eigenvalue weighted by Gasteiger charge is 2.44. The van der Waals surface area contributed by atoms with Crippen molar-refractivity contribution in [2.24, 2.45) is 17.8 Å². The van der Waals surface area contributed by atoms with Gasteiger partial charge in [0.25, 0.3) is 0 Å². The van der Waals surface area contributed by atoms with Crippen molar-refractivity contribution < 1.29 is 9.53 Å². The smallest absolute Gasteiger partial charge is 0.220 e. The summed E-state index contributed by atoms with van der Waals surface area (Å²) in [5, 5.41) is 3.12. The molecule has 3 aliphatic rings. The number of rotatable bonds is 6. The van der Waals surface area contributed by atoms with Gasteiger partial charge in [-0.1, -0.05) is 0 Å². The lowest BCUT2D eigenvalue weighted by Crippen LogP contribution is -2.34. The van der Waals surface area contributed by atoms with Crippen molar-refractivity contribution >= 4 is 17.5 Å². The second-order valence-electron chi connectivity index (χ2n) is 7.78. The van der Waals surface area contributed by atoms with Crippen LogP contribution in [-0.2, 0) is 9.53 Å². The first-order valence-electron chi connectivity index (χ1n) is 9.23. The number of aromatic nitrogens is 2.